The fourth-order valence-electron chi connectivity index (χ4n) is 3.53. The third-order valence-electron chi connectivity index (χ3n) is 5.25. The van der Waals surface area contributed by atoms with Gasteiger partial charge < -0.3 is 10.1 Å². The number of hydrogen-bond donors (Lipinski definition) is 1. The van der Waals surface area contributed by atoms with Gasteiger partial charge in [-0.1, -0.05) is 30.3 Å². The number of hydrogen-bond acceptors (Lipinski definition) is 4. The molecule has 1 N–H and O–H groups in total. The highest BCUT2D eigenvalue weighted by molar-refractivity contribution is 5.93. The third-order valence-corrected chi connectivity index (χ3v) is 5.25. The summed E-state index contributed by atoms with van der Waals surface area (Å²) in [6, 6.07) is 17.6. The zero-order valence-corrected chi connectivity index (χ0v) is 17.8. The molecule has 4 aromatic rings. The Balaban J connectivity index is 1.55. The second-order valence-electron chi connectivity index (χ2n) is 7.43. The number of benzene rings is 3. The molecule has 0 unspecified atom stereocenters. The van der Waals surface area contributed by atoms with Crippen molar-refractivity contribution in [3.8, 4) is 17.0 Å². The van der Waals surface area contributed by atoms with Gasteiger partial charge in [-0.05, 0) is 48.4 Å². The third kappa shape index (κ3) is 4.90. The van der Waals surface area contributed by atoms with Crippen LogP contribution in [0.3, 0.4) is 0 Å². The van der Waals surface area contributed by atoms with E-state index in [2.05, 4.69) is 10.4 Å². The van der Waals surface area contributed by atoms with Gasteiger partial charge in [0.15, 0.2) is 11.6 Å². The molecule has 0 atom stereocenters. The summed E-state index contributed by atoms with van der Waals surface area (Å²) in [5.41, 5.74) is 1.17. The van der Waals surface area contributed by atoms with Crippen molar-refractivity contribution in [3.05, 3.63) is 94.3 Å². The summed E-state index contributed by atoms with van der Waals surface area (Å²) in [4.78, 5) is 25.4. The smallest absolute Gasteiger partial charge is 0.275 e. The number of rotatable bonds is 7. The second kappa shape index (κ2) is 9.60. The standard InChI is InChI=1S/C25H21F2N3O3/c1-33-18-9-6-16(7-10-18)12-13-28-23(31)15-30-25(32)20-5-3-2-4-19(20)24(29-30)17-8-11-21(26)22(27)14-17/h2-11,14H,12-13,15H2,1H3,(H,28,31). The molecule has 6 nitrogen and oxygen atoms in total. The Kier molecular flexibility index (Phi) is 6.44. The first kappa shape index (κ1) is 22.1. The molecule has 168 valence electrons. The molecule has 0 fully saturated rings. The van der Waals surface area contributed by atoms with Crippen LogP contribution in [-0.4, -0.2) is 29.3 Å². The Morgan fingerprint density at radius 3 is 2.42 bits per heavy atom. The summed E-state index contributed by atoms with van der Waals surface area (Å²) in [5, 5.41) is 7.91. The molecule has 1 heterocycles. The highest BCUT2D eigenvalue weighted by Crippen LogP contribution is 2.26. The van der Waals surface area contributed by atoms with Gasteiger partial charge >= 0.3 is 0 Å². The molecule has 0 spiro atoms. The summed E-state index contributed by atoms with van der Waals surface area (Å²) in [6.07, 6.45) is 0.607. The summed E-state index contributed by atoms with van der Waals surface area (Å²) in [7, 11) is 1.59. The normalized spacial score (nSPS) is 10.9. The summed E-state index contributed by atoms with van der Waals surface area (Å²) in [5.74, 6) is -1.63. The number of ether oxygens (including phenoxy) is 1. The van der Waals surface area contributed by atoms with Gasteiger partial charge in [-0.25, -0.2) is 13.5 Å². The Bertz CT molecular complexity index is 1370. The monoisotopic (exact) mass is 449 g/mol. The van der Waals surface area contributed by atoms with E-state index in [1.807, 2.05) is 24.3 Å². The van der Waals surface area contributed by atoms with Crippen LogP contribution in [0.5, 0.6) is 5.75 Å². The molecule has 0 radical (unpaired) electrons. The van der Waals surface area contributed by atoms with Gasteiger partial charge in [0.2, 0.25) is 5.91 Å². The molecule has 0 saturated carbocycles. The number of nitrogens with zero attached hydrogens (tertiary/aromatic N) is 2. The maximum absolute atomic E-state index is 13.8. The van der Waals surface area contributed by atoms with Crippen molar-refractivity contribution in [2.75, 3.05) is 13.7 Å². The highest BCUT2D eigenvalue weighted by Gasteiger charge is 2.15. The predicted octanol–water partition coefficient (Wildman–Crippen LogP) is 3.71. The van der Waals surface area contributed by atoms with Crippen molar-refractivity contribution in [3.63, 3.8) is 0 Å². The first-order valence-corrected chi connectivity index (χ1v) is 10.3. The SMILES string of the molecule is COc1ccc(CCNC(=O)Cn2nc(-c3ccc(F)c(F)c3)c3ccccc3c2=O)cc1. The van der Waals surface area contributed by atoms with Crippen molar-refractivity contribution < 1.29 is 18.3 Å². The van der Waals surface area contributed by atoms with E-state index < -0.39 is 17.2 Å². The minimum absolute atomic E-state index is 0.287. The maximum atomic E-state index is 13.8. The van der Waals surface area contributed by atoms with Gasteiger partial charge in [0.05, 0.1) is 18.2 Å². The lowest BCUT2D eigenvalue weighted by molar-refractivity contribution is -0.121. The number of fused-ring (bicyclic) bond motifs is 1. The molecule has 0 aliphatic heterocycles. The van der Waals surface area contributed by atoms with Crippen molar-refractivity contribution in [2.24, 2.45) is 0 Å². The maximum Gasteiger partial charge on any atom is 0.275 e. The van der Waals surface area contributed by atoms with Crippen LogP contribution < -0.4 is 15.6 Å². The first-order valence-electron chi connectivity index (χ1n) is 10.3. The minimum atomic E-state index is -1.02. The van der Waals surface area contributed by atoms with Crippen LogP contribution in [0.4, 0.5) is 8.78 Å². The van der Waals surface area contributed by atoms with Gasteiger partial charge in [-0.2, -0.15) is 5.10 Å². The number of aromatic nitrogens is 2. The van der Waals surface area contributed by atoms with Gasteiger partial charge in [-0.3, -0.25) is 9.59 Å². The van der Waals surface area contributed by atoms with Gasteiger partial charge in [-0.15, -0.1) is 0 Å². The van der Waals surface area contributed by atoms with E-state index in [-0.39, 0.29) is 18.1 Å². The summed E-state index contributed by atoms with van der Waals surface area (Å²) < 4.78 is 33.4. The number of halogens is 2. The highest BCUT2D eigenvalue weighted by atomic mass is 19.2. The average Bonchev–Trinajstić information content (AvgIpc) is 2.83. The van der Waals surface area contributed by atoms with Crippen LogP contribution in [0.1, 0.15) is 5.56 Å². The number of carbonyl (C=O) groups is 1. The second-order valence-corrected chi connectivity index (χ2v) is 7.43. The van der Waals surface area contributed by atoms with E-state index in [4.69, 9.17) is 4.74 Å². The van der Waals surface area contributed by atoms with Crippen LogP contribution in [0.15, 0.2) is 71.5 Å². The zero-order valence-electron chi connectivity index (χ0n) is 17.8. The lowest BCUT2D eigenvalue weighted by Crippen LogP contribution is -2.35. The molecule has 0 bridgehead atoms. The lowest BCUT2D eigenvalue weighted by Gasteiger charge is -2.12. The van der Waals surface area contributed by atoms with Crippen molar-refractivity contribution in [2.45, 2.75) is 13.0 Å². The van der Waals surface area contributed by atoms with E-state index >= 15 is 0 Å². The van der Waals surface area contributed by atoms with E-state index in [1.54, 1.807) is 31.4 Å². The number of carbonyl (C=O) groups excluding carboxylic acids is 1. The average molecular weight is 449 g/mol. The van der Waals surface area contributed by atoms with Crippen molar-refractivity contribution in [1.82, 2.24) is 15.1 Å². The van der Waals surface area contributed by atoms with Gasteiger partial charge in [0.25, 0.3) is 5.56 Å². The molecule has 4 rings (SSSR count). The quantitative estimate of drug-likeness (QED) is 0.467. The Morgan fingerprint density at radius 1 is 1.00 bits per heavy atom. The fraction of sp³-hybridized carbons (Fsp3) is 0.160. The minimum Gasteiger partial charge on any atom is -0.497 e. The molecule has 33 heavy (non-hydrogen) atoms. The number of methoxy groups -OCH3 is 1. The molecule has 3 aromatic carbocycles. The van der Waals surface area contributed by atoms with Crippen LogP contribution in [0, 0.1) is 11.6 Å². The zero-order chi connectivity index (χ0) is 23.4. The van der Waals surface area contributed by atoms with Crippen LogP contribution in [-0.2, 0) is 17.8 Å². The Labute approximate surface area is 188 Å². The van der Waals surface area contributed by atoms with E-state index in [0.717, 1.165) is 28.1 Å². The van der Waals surface area contributed by atoms with Crippen LogP contribution >= 0.6 is 0 Å². The molecule has 0 aliphatic carbocycles. The molecular weight excluding hydrogens is 428 g/mol. The van der Waals surface area contributed by atoms with Crippen LogP contribution in [0.25, 0.3) is 22.0 Å². The largest absolute Gasteiger partial charge is 0.497 e. The topological polar surface area (TPSA) is 73.2 Å². The molecule has 0 aliphatic rings. The fourth-order valence-corrected chi connectivity index (χ4v) is 3.53. The van der Waals surface area contributed by atoms with E-state index in [1.165, 1.54) is 6.07 Å². The molecule has 1 amide bonds. The van der Waals surface area contributed by atoms with E-state index in [9.17, 15) is 18.4 Å². The van der Waals surface area contributed by atoms with Crippen LogP contribution in [0.2, 0.25) is 0 Å². The molecular formula is C25H21F2N3O3. The lowest BCUT2D eigenvalue weighted by atomic mass is 10.0. The van der Waals surface area contributed by atoms with Crippen molar-refractivity contribution in [1.29, 1.82) is 0 Å². The Hall–Kier alpha value is -4.07. The van der Waals surface area contributed by atoms with Gasteiger partial charge in [0, 0.05) is 17.5 Å². The summed E-state index contributed by atoms with van der Waals surface area (Å²) in [6.45, 7) is 0.0759. The number of nitrogens with one attached hydrogen (secondary N) is 1. The molecule has 1 aromatic heterocycles. The predicted molar refractivity (Wildman–Crippen MR) is 121 cm³/mol. The van der Waals surface area contributed by atoms with Crippen molar-refractivity contribution >= 4 is 16.7 Å². The molecule has 0 saturated heterocycles. The molecule has 8 heteroatoms. The number of amides is 1. The Morgan fingerprint density at radius 2 is 1.73 bits per heavy atom. The van der Waals surface area contributed by atoms with E-state index in [0.29, 0.717) is 29.3 Å². The van der Waals surface area contributed by atoms with Gasteiger partial charge in [0.1, 0.15) is 12.3 Å². The summed E-state index contributed by atoms with van der Waals surface area (Å²) >= 11 is 0. The first-order chi connectivity index (χ1) is 16.0.